The highest BCUT2D eigenvalue weighted by Crippen LogP contribution is 2.19. The lowest BCUT2D eigenvalue weighted by Gasteiger charge is -2.19. The third-order valence-electron chi connectivity index (χ3n) is 10.2. The van der Waals surface area contributed by atoms with Gasteiger partial charge in [-0.25, -0.2) is 0 Å². The fourth-order valence-electron chi connectivity index (χ4n) is 6.76. The number of unbranched alkanes of at least 4 members (excludes halogenated alkanes) is 28. The van der Waals surface area contributed by atoms with Crippen LogP contribution in [0.25, 0.3) is 0 Å². The molecule has 0 aliphatic rings. The number of hydrogen-bond acceptors (Lipinski definition) is 6. The van der Waals surface area contributed by atoms with Gasteiger partial charge in [0.1, 0.15) is 24.7 Å². The van der Waals surface area contributed by atoms with Crippen molar-refractivity contribution in [2.75, 3.05) is 20.3 Å². The molecule has 0 amide bonds. The molecule has 1 aromatic rings. The van der Waals surface area contributed by atoms with Crippen molar-refractivity contribution in [1.82, 2.24) is 0 Å². The molecule has 0 bridgehead atoms. The molecule has 6 nitrogen and oxygen atoms in total. The second-order valence-corrected chi connectivity index (χ2v) is 15.2. The van der Waals surface area contributed by atoms with Gasteiger partial charge in [-0.3, -0.25) is 9.59 Å². The van der Waals surface area contributed by atoms with Crippen LogP contribution in [0.15, 0.2) is 24.3 Å². The molecule has 52 heavy (non-hydrogen) atoms. The Bertz CT molecular complexity index is 916. The zero-order valence-electron chi connectivity index (χ0n) is 34.4. The predicted octanol–water partition coefficient (Wildman–Crippen LogP) is 14.1. The van der Waals surface area contributed by atoms with E-state index in [4.69, 9.17) is 18.9 Å². The Morgan fingerprint density at radius 1 is 0.442 bits per heavy atom. The first-order valence-electron chi connectivity index (χ1n) is 22.2. The summed E-state index contributed by atoms with van der Waals surface area (Å²) in [5.74, 6) is 0.902. The molecule has 6 heteroatoms. The van der Waals surface area contributed by atoms with Gasteiger partial charge in [0.05, 0.1) is 7.11 Å². The average molecular weight is 731 g/mol. The summed E-state index contributed by atoms with van der Waals surface area (Å²) >= 11 is 0. The number of carbonyl (C=O) groups excluding carboxylic acids is 2. The molecule has 0 aliphatic carbocycles. The molecule has 0 unspecified atom stereocenters. The molecular formula is C46H82O6. The summed E-state index contributed by atoms with van der Waals surface area (Å²) in [5.41, 5.74) is 0. The van der Waals surface area contributed by atoms with Gasteiger partial charge in [-0.1, -0.05) is 194 Å². The van der Waals surface area contributed by atoms with Crippen molar-refractivity contribution in [3.63, 3.8) is 0 Å². The van der Waals surface area contributed by atoms with E-state index in [1.165, 1.54) is 161 Å². The molecule has 1 atom stereocenters. The molecule has 0 aromatic heterocycles. The maximum atomic E-state index is 12.7. The Labute approximate surface area is 321 Å². The lowest BCUT2D eigenvalue weighted by molar-refractivity contribution is -0.161. The van der Waals surface area contributed by atoms with Crippen molar-refractivity contribution < 1.29 is 28.5 Å². The zero-order chi connectivity index (χ0) is 37.6. The number of hydrogen-bond donors (Lipinski definition) is 0. The van der Waals surface area contributed by atoms with Crippen molar-refractivity contribution in [2.45, 2.75) is 225 Å². The van der Waals surface area contributed by atoms with Crippen molar-refractivity contribution >= 4 is 11.9 Å². The second kappa shape index (κ2) is 37.1. The van der Waals surface area contributed by atoms with Crippen LogP contribution in [0.4, 0.5) is 0 Å². The third-order valence-corrected chi connectivity index (χ3v) is 10.2. The summed E-state index contributed by atoms with van der Waals surface area (Å²) in [4.78, 5) is 25.2. The van der Waals surface area contributed by atoms with Crippen LogP contribution in [-0.4, -0.2) is 38.4 Å². The smallest absolute Gasteiger partial charge is 0.306 e. The minimum Gasteiger partial charge on any atom is -0.497 e. The van der Waals surface area contributed by atoms with Crippen LogP contribution in [0.3, 0.4) is 0 Å². The molecule has 0 fully saturated rings. The van der Waals surface area contributed by atoms with Gasteiger partial charge in [-0.15, -0.1) is 0 Å². The number of methoxy groups -OCH3 is 1. The Morgan fingerprint density at radius 3 is 1.13 bits per heavy atom. The molecule has 0 saturated carbocycles. The highest BCUT2D eigenvalue weighted by Gasteiger charge is 2.18. The van der Waals surface area contributed by atoms with Gasteiger partial charge < -0.3 is 18.9 Å². The first-order chi connectivity index (χ1) is 25.6. The minimum absolute atomic E-state index is 0.0122. The molecule has 302 valence electrons. The van der Waals surface area contributed by atoms with E-state index < -0.39 is 6.10 Å². The van der Waals surface area contributed by atoms with Crippen molar-refractivity contribution in [1.29, 1.82) is 0 Å². The minimum atomic E-state index is -0.643. The van der Waals surface area contributed by atoms with E-state index in [1.807, 2.05) is 24.3 Å². The van der Waals surface area contributed by atoms with E-state index in [1.54, 1.807) is 7.11 Å². The first-order valence-corrected chi connectivity index (χ1v) is 22.2. The van der Waals surface area contributed by atoms with E-state index in [-0.39, 0.29) is 25.2 Å². The van der Waals surface area contributed by atoms with Gasteiger partial charge in [0, 0.05) is 12.8 Å². The van der Waals surface area contributed by atoms with Gasteiger partial charge in [-0.05, 0) is 37.1 Å². The van der Waals surface area contributed by atoms with E-state index >= 15 is 0 Å². The maximum Gasteiger partial charge on any atom is 0.306 e. The number of ether oxygens (including phenoxy) is 4. The first kappa shape index (κ1) is 47.8. The fraction of sp³-hybridized carbons (Fsp3) is 0.826. The molecule has 0 radical (unpaired) electrons. The van der Waals surface area contributed by atoms with E-state index in [2.05, 4.69) is 13.8 Å². The van der Waals surface area contributed by atoms with Crippen LogP contribution in [-0.2, 0) is 19.1 Å². The monoisotopic (exact) mass is 731 g/mol. The van der Waals surface area contributed by atoms with Crippen molar-refractivity contribution in [3.05, 3.63) is 24.3 Å². The van der Waals surface area contributed by atoms with Crippen LogP contribution in [0.2, 0.25) is 0 Å². The summed E-state index contributed by atoms with van der Waals surface area (Å²) in [6.45, 7) is 4.69. The molecule has 0 saturated heterocycles. The fourth-order valence-corrected chi connectivity index (χ4v) is 6.76. The second-order valence-electron chi connectivity index (χ2n) is 15.2. The van der Waals surface area contributed by atoms with Crippen LogP contribution in [0.5, 0.6) is 11.5 Å². The standard InChI is InChI=1S/C46H82O6/c1-4-6-8-10-12-14-16-18-20-22-24-26-28-30-32-34-45(47)51-41-44(40-50-43-38-36-42(49-3)37-39-43)52-46(48)35-33-31-29-27-25-23-21-19-17-15-13-11-9-7-5-2/h36-39,44H,4-35,40-41H2,1-3H3/t44-/m0/s1. The Hall–Kier alpha value is -2.24. The van der Waals surface area contributed by atoms with Crippen molar-refractivity contribution in [3.8, 4) is 11.5 Å². The molecule has 0 spiro atoms. The number of esters is 2. The average Bonchev–Trinajstić information content (AvgIpc) is 3.16. The lowest BCUT2D eigenvalue weighted by Crippen LogP contribution is -2.31. The van der Waals surface area contributed by atoms with Crippen LogP contribution >= 0.6 is 0 Å². The summed E-state index contributed by atoms with van der Waals surface area (Å²) in [6, 6.07) is 7.28. The largest absolute Gasteiger partial charge is 0.497 e. The van der Waals surface area contributed by atoms with Crippen LogP contribution < -0.4 is 9.47 Å². The van der Waals surface area contributed by atoms with E-state index in [0.29, 0.717) is 18.6 Å². The summed E-state index contributed by atoms with van der Waals surface area (Å²) < 4.78 is 22.4. The van der Waals surface area contributed by atoms with E-state index in [9.17, 15) is 9.59 Å². The van der Waals surface area contributed by atoms with Gasteiger partial charge >= 0.3 is 11.9 Å². The summed E-state index contributed by atoms with van der Waals surface area (Å²) in [7, 11) is 1.62. The number of carbonyl (C=O) groups is 2. The Kier molecular flexibility index (Phi) is 34.1. The zero-order valence-corrected chi connectivity index (χ0v) is 34.4. The van der Waals surface area contributed by atoms with Crippen LogP contribution in [0.1, 0.15) is 219 Å². The number of rotatable bonds is 39. The van der Waals surface area contributed by atoms with Gasteiger partial charge in [0.25, 0.3) is 0 Å². The van der Waals surface area contributed by atoms with Crippen LogP contribution in [0, 0.1) is 0 Å². The predicted molar refractivity (Wildman–Crippen MR) is 218 cm³/mol. The van der Waals surface area contributed by atoms with E-state index in [0.717, 1.165) is 37.9 Å². The molecule has 1 aromatic carbocycles. The Balaban J connectivity index is 2.19. The summed E-state index contributed by atoms with van der Waals surface area (Å²) in [5, 5.41) is 0. The quantitative estimate of drug-likeness (QED) is 0.0496. The maximum absolute atomic E-state index is 12.7. The van der Waals surface area contributed by atoms with Gasteiger partial charge in [0.15, 0.2) is 6.10 Å². The van der Waals surface area contributed by atoms with Crippen molar-refractivity contribution in [2.24, 2.45) is 0 Å². The molecular weight excluding hydrogens is 648 g/mol. The Morgan fingerprint density at radius 2 is 0.769 bits per heavy atom. The number of benzene rings is 1. The highest BCUT2D eigenvalue weighted by molar-refractivity contribution is 5.70. The third kappa shape index (κ3) is 31.3. The molecule has 0 heterocycles. The lowest BCUT2D eigenvalue weighted by atomic mass is 10.0. The topological polar surface area (TPSA) is 71.1 Å². The summed E-state index contributed by atoms with van der Waals surface area (Å²) in [6.07, 6.45) is 38.8. The van der Waals surface area contributed by atoms with Gasteiger partial charge in [0.2, 0.25) is 0 Å². The molecule has 0 aliphatic heterocycles. The normalized spacial score (nSPS) is 11.8. The molecule has 0 N–H and O–H groups in total. The SMILES string of the molecule is CCCCCCCCCCCCCCCCCC(=O)OC[C@H](COc1ccc(OC)cc1)OC(=O)CCCCCCCCCCCCCCCCC. The molecule has 1 rings (SSSR count). The van der Waals surface area contributed by atoms with Gasteiger partial charge in [-0.2, -0.15) is 0 Å². The highest BCUT2D eigenvalue weighted by atomic mass is 16.6.